The molecule has 2 heterocycles. The van der Waals surface area contributed by atoms with Gasteiger partial charge < -0.3 is 4.57 Å². The van der Waals surface area contributed by atoms with Crippen LogP contribution in [0.2, 0.25) is 0 Å². The predicted molar refractivity (Wildman–Crippen MR) is 97.7 cm³/mol. The second kappa shape index (κ2) is 7.03. The van der Waals surface area contributed by atoms with Gasteiger partial charge >= 0.3 is 5.91 Å². The number of carbonyl (C=O) groups is 1. The van der Waals surface area contributed by atoms with Crippen LogP contribution in [-0.4, -0.2) is 40.7 Å². The van der Waals surface area contributed by atoms with Gasteiger partial charge in [-0.15, -0.1) is 9.46 Å². The highest BCUT2D eigenvalue weighted by atomic mass is 32.2. The third kappa shape index (κ3) is 3.65. The van der Waals surface area contributed by atoms with Crippen LogP contribution in [0.3, 0.4) is 0 Å². The van der Waals surface area contributed by atoms with Crippen LogP contribution in [0.15, 0.2) is 46.2 Å². The predicted octanol–water partition coefficient (Wildman–Crippen LogP) is 2.56. The standard InChI is InChI=1S/C17H19FN6O2S/c1-11(2)15-20-14(21-24(15)13-8-6-5-7-12(13)18)16(25)22-27(4,26)17-19-9-10-23(17)3/h5-11H,1-4H3. The summed E-state index contributed by atoms with van der Waals surface area (Å²) in [6.07, 6.45) is 4.41. The van der Waals surface area contributed by atoms with Gasteiger partial charge in [0.25, 0.3) is 0 Å². The third-order valence-corrected chi connectivity index (χ3v) is 5.38. The van der Waals surface area contributed by atoms with Crippen LogP contribution in [0.5, 0.6) is 0 Å². The highest BCUT2D eigenvalue weighted by Crippen LogP contribution is 2.20. The van der Waals surface area contributed by atoms with Gasteiger partial charge in [-0.25, -0.2) is 23.2 Å². The number of imidazole rings is 1. The van der Waals surface area contributed by atoms with E-state index in [1.165, 1.54) is 33.8 Å². The van der Waals surface area contributed by atoms with Crippen molar-refractivity contribution < 1.29 is 13.4 Å². The smallest absolute Gasteiger partial charge is 0.325 e. The molecule has 0 bridgehead atoms. The molecular formula is C17H19FN6O2S. The first kappa shape index (κ1) is 18.9. The number of aromatic nitrogens is 5. The number of para-hydroxylation sites is 1. The molecular weight excluding hydrogens is 371 g/mol. The molecule has 3 rings (SSSR count). The molecule has 27 heavy (non-hydrogen) atoms. The van der Waals surface area contributed by atoms with Gasteiger partial charge in [-0.2, -0.15) is 0 Å². The Morgan fingerprint density at radius 1 is 1.30 bits per heavy atom. The lowest BCUT2D eigenvalue weighted by Gasteiger charge is -2.08. The molecule has 2 aromatic heterocycles. The van der Waals surface area contributed by atoms with Gasteiger partial charge in [-0.05, 0) is 12.1 Å². The molecule has 0 aliphatic carbocycles. The van der Waals surface area contributed by atoms with Crippen molar-refractivity contribution in [2.24, 2.45) is 11.4 Å². The Labute approximate surface area is 156 Å². The van der Waals surface area contributed by atoms with Crippen LogP contribution in [0.25, 0.3) is 5.69 Å². The Balaban J connectivity index is 2.08. The monoisotopic (exact) mass is 390 g/mol. The van der Waals surface area contributed by atoms with E-state index in [1.807, 2.05) is 13.8 Å². The lowest BCUT2D eigenvalue weighted by atomic mass is 10.2. The molecule has 1 atom stereocenters. The van der Waals surface area contributed by atoms with E-state index < -0.39 is 21.5 Å². The number of nitrogens with zero attached hydrogens (tertiary/aromatic N) is 6. The summed E-state index contributed by atoms with van der Waals surface area (Å²) in [5, 5.41) is 4.29. The quantitative estimate of drug-likeness (QED) is 0.682. The molecule has 0 saturated carbocycles. The minimum atomic E-state index is -3.08. The zero-order chi connectivity index (χ0) is 19.8. The van der Waals surface area contributed by atoms with E-state index in [0.29, 0.717) is 5.82 Å². The number of benzene rings is 1. The normalized spacial score (nSPS) is 13.6. The summed E-state index contributed by atoms with van der Waals surface area (Å²) in [6.45, 7) is 3.70. The summed E-state index contributed by atoms with van der Waals surface area (Å²) < 4.78 is 33.6. The number of hydrogen-bond donors (Lipinski definition) is 0. The average Bonchev–Trinajstić information content (AvgIpc) is 3.21. The van der Waals surface area contributed by atoms with Crippen molar-refractivity contribution in [2.45, 2.75) is 24.9 Å². The van der Waals surface area contributed by atoms with Crippen LogP contribution in [0, 0.1) is 5.82 Å². The molecule has 0 aliphatic rings. The van der Waals surface area contributed by atoms with Gasteiger partial charge in [0.1, 0.15) is 27.1 Å². The number of amides is 1. The summed E-state index contributed by atoms with van der Waals surface area (Å²) in [4.78, 5) is 20.8. The summed E-state index contributed by atoms with van der Waals surface area (Å²) in [5.74, 6) is -1.31. The molecule has 8 nitrogen and oxygen atoms in total. The average molecular weight is 390 g/mol. The molecule has 3 aromatic rings. The van der Waals surface area contributed by atoms with E-state index in [9.17, 15) is 13.4 Å². The fraction of sp³-hybridized carbons (Fsp3) is 0.294. The minimum Gasteiger partial charge on any atom is -0.326 e. The highest BCUT2D eigenvalue weighted by Gasteiger charge is 2.23. The molecule has 10 heteroatoms. The van der Waals surface area contributed by atoms with Crippen molar-refractivity contribution in [1.29, 1.82) is 0 Å². The molecule has 0 spiro atoms. The van der Waals surface area contributed by atoms with E-state index in [0.717, 1.165) is 0 Å². The van der Waals surface area contributed by atoms with Crippen LogP contribution in [0.4, 0.5) is 4.39 Å². The molecule has 0 radical (unpaired) electrons. The van der Waals surface area contributed by atoms with Crippen molar-refractivity contribution in [2.75, 3.05) is 6.26 Å². The molecule has 1 aromatic carbocycles. The lowest BCUT2D eigenvalue weighted by molar-refractivity contribution is 0.0995. The molecule has 0 N–H and O–H groups in total. The zero-order valence-corrected chi connectivity index (χ0v) is 16.1. The van der Waals surface area contributed by atoms with Crippen LogP contribution in [-0.2, 0) is 16.8 Å². The first-order valence-corrected chi connectivity index (χ1v) is 10.1. The maximum absolute atomic E-state index is 14.2. The highest BCUT2D eigenvalue weighted by molar-refractivity contribution is 7.93. The Bertz CT molecular complexity index is 1120. The van der Waals surface area contributed by atoms with Gasteiger partial charge in [-0.3, -0.25) is 4.79 Å². The van der Waals surface area contributed by atoms with E-state index in [4.69, 9.17) is 0 Å². The van der Waals surface area contributed by atoms with Crippen LogP contribution < -0.4 is 0 Å². The second-order valence-electron chi connectivity index (χ2n) is 6.33. The van der Waals surface area contributed by atoms with Gasteiger partial charge in [0, 0.05) is 31.6 Å². The fourth-order valence-electron chi connectivity index (χ4n) is 2.55. The van der Waals surface area contributed by atoms with Crippen molar-refractivity contribution in [3.8, 4) is 5.69 Å². The second-order valence-corrected chi connectivity index (χ2v) is 8.48. The summed E-state index contributed by atoms with van der Waals surface area (Å²) in [7, 11) is -1.42. The van der Waals surface area contributed by atoms with Crippen molar-refractivity contribution in [3.05, 3.63) is 54.1 Å². The molecule has 0 aliphatic heterocycles. The summed E-state index contributed by atoms with van der Waals surface area (Å²) in [5.41, 5.74) is 0.175. The third-order valence-electron chi connectivity index (χ3n) is 3.79. The minimum absolute atomic E-state index is 0.126. The van der Waals surface area contributed by atoms with E-state index in [2.05, 4.69) is 19.4 Å². The van der Waals surface area contributed by atoms with Crippen molar-refractivity contribution in [3.63, 3.8) is 0 Å². The maximum atomic E-state index is 14.2. The molecule has 142 valence electrons. The first-order valence-electron chi connectivity index (χ1n) is 8.16. The Kier molecular flexibility index (Phi) is 4.92. The van der Waals surface area contributed by atoms with Crippen molar-refractivity contribution >= 4 is 15.6 Å². The van der Waals surface area contributed by atoms with Gasteiger partial charge in [0.15, 0.2) is 0 Å². The Morgan fingerprint density at radius 2 is 2.00 bits per heavy atom. The largest absolute Gasteiger partial charge is 0.326 e. The Hall–Kier alpha value is -2.88. The summed E-state index contributed by atoms with van der Waals surface area (Å²) in [6, 6.07) is 6.06. The molecule has 1 unspecified atom stereocenters. The lowest BCUT2D eigenvalue weighted by Crippen LogP contribution is -2.10. The fourth-order valence-corrected chi connectivity index (χ4v) is 3.88. The van der Waals surface area contributed by atoms with Gasteiger partial charge in [0.05, 0.1) is 0 Å². The Morgan fingerprint density at radius 3 is 2.59 bits per heavy atom. The molecule has 0 fully saturated rings. The maximum Gasteiger partial charge on any atom is 0.325 e. The number of aryl methyl sites for hydroxylation is 1. The van der Waals surface area contributed by atoms with Crippen LogP contribution in [0.1, 0.15) is 36.2 Å². The number of halogens is 1. The zero-order valence-electron chi connectivity index (χ0n) is 15.3. The molecule has 1 amide bonds. The molecule has 0 saturated heterocycles. The SMILES string of the molecule is CC(C)c1nc(C(=O)N=S(C)(=O)c2nccn2C)nn1-c1ccccc1F. The van der Waals surface area contributed by atoms with Gasteiger partial charge in [-0.1, -0.05) is 26.0 Å². The first-order chi connectivity index (χ1) is 12.7. The van der Waals surface area contributed by atoms with Crippen LogP contribution >= 0.6 is 0 Å². The number of hydrogen-bond acceptors (Lipinski definition) is 5. The van der Waals surface area contributed by atoms with E-state index in [-0.39, 0.29) is 22.6 Å². The number of rotatable bonds is 4. The van der Waals surface area contributed by atoms with Gasteiger partial charge in [0.2, 0.25) is 11.0 Å². The number of carbonyl (C=O) groups excluding carboxylic acids is 1. The summed E-state index contributed by atoms with van der Waals surface area (Å²) >= 11 is 0. The van der Waals surface area contributed by atoms with E-state index >= 15 is 0 Å². The van der Waals surface area contributed by atoms with E-state index in [1.54, 1.807) is 25.4 Å². The van der Waals surface area contributed by atoms with Crippen molar-refractivity contribution in [1.82, 2.24) is 24.3 Å². The topological polar surface area (TPSA) is 95.0 Å².